The van der Waals surface area contributed by atoms with Crippen LogP contribution in [0.1, 0.15) is 93.6 Å². The molecule has 1 saturated carbocycles. The van der Waals surface area contributed by atoms with Crippen LogP contribution in [0.5, 0.6) is 0 Å². The Morgan fingerprint density at radius 3 is 2.59 bits per heavy atom. The van der Waals surface area contributed by atoms with Crippen molar-refractivity contribution in [2.45, 2.75) is 102 Å². The fourth-order valence-corrected chi connectivity index (χ4v) is 5.58. The van der Waals surface area contributed by atoms with Gasteiger partial charge in [0, 0.05) is 55.7 Å². The van der Waals surface area contributed by atoms with Gasteiger partial charge in [-0.25, -0.2) is 4.79 Å². The molecule has 1 aliphatic carbocycles. The van der Waals surface area contributed by atoms with Crippen LogP contribution in [-0.2, 0) is 25.6 Å². The van der Waals surface area contributed by atoms with Crippen molar-refractivity contribution in [2.24, 2.45) is 5.73 Å². The summed E-state index contributed by atoms with van der Waals surface area (Å²) in [5.74, 6) is 5.34. The number of rotatable bonds is 8. The SMILES string of the molecule is CC(C)(C)OC(=O)N(CCCOCCC#Cc1cccc2c1CN(C1CCC(=O)NC1=O)C2=O)C1CCC(N)CC1. The van der Waals surface area contributed by atoms with Crippen LogP contribution in [0, 0.1) is 11.8 Å². The molecule has 0 bridgehead atoms. The number of piperidine rings is 1. The minimum Gasteiger partial charge on any atom is -0.444 e. The van der Waals surface area contributed by atoms with Gasteiger partial charge in [0.25, 0.3) is 5.91 Å². The number of benzene rings is 1. The van der Waals surface area contributed by atoms with Crippen molar-refractivity contribution in [2.75, 3.05) is 19.8 Å². The molecule has 0 aromatic heterocycles. The lowest BCUT2D eigenvalue weighted by atomic mass is 9.91. The zero-order chi connectivity index (χ0) is 29.6. The van der Waals surface area contributed by atoms with E-state index < -0.39 is 17.6 Å². The number of hydrogen-bond acceptors (Lipinski definition) is 7. The van der Waals surface area contributed by atoms with E-state index in [2.05, 4.69) is 17.2 Å². The average molecular weight is 567 g/mol. The Labute approximate surface area is 242 Å². The molecule has 4 rings (SSSR count). The summed E-state index contributed by atoms with van der Waals surface area (Å²) in [7, 11) is 0. The molecule has 1 aromatic rings. The number of nitrogens with one attached hydrogen (secondary N) is 1. The zero-order valence-corrected chi connectivity index (χ0v) is 24.4. The topological polar surface area (TPSA) is 131 Å². The predicted molar refractivity (Wildman–Crippen MR) is 153 cm³/mol. The quantitative estimate of drug-likeness (QED) is 0.281. The highest BCUT2D eigenvalue weighted by Gasteiger charge is 2.39. The number of imide groups is 1. The molecule has 2 fully saturated rings. The summed E-state index contributed by atoms with van der Waals surface area (Å²) in [5, 5.41) is 2.33. The van der Waals surface area contributed by atoms with Crippen LogP contribution >= 0.6 is 0 Å². The van der Waals surface area contributed by atoms with Crippen molar-refractivity contribution in [3.05, 3.63) is 34.9 Å². The molecule has 1 unspecified atom stereocenters. The van der Waals surface area contributed by atoms with E-state index in [1.807, 2.05) is 31.7 Å². The molecule has 3 N–H and O–H groups in total. The lowest BCUT2D eigenvalue weighted by Gasteiger charge is -2.37. The van der Waals surface area contributed by atoms with Gasteiger partial charge in [-0.15, -0.1) is 0 Å². The van der Waals surface area contributed by atoms with Gasteiger partial charge in [0.15, 0.2) is 0 Å². The molecule has 10 heteroatoms. The Bertz CT molecular complexity index is 1210. The van der Waals surface area contributed by atoms with Gasteiger partial charge in [0.05, 0.1) is 6.61 Å². The van der Waals surface area contributed by atoms with Crippen LogP contribution in [0.3, 0.4) is 0 Å². The smallest absolute Gasteiger partial charge is 0.410 e. The van der Waals surface area contributed by atoms with E-state index in [1.54, 1.807) is 12.1 Å². The first-order valence-electron chi connectivity index (χ1n) is 14.6. The van der Waals surface area contributed by atoms with Crippen LogP contribution in [0.4, 0.5) is 4.79 Å². The average Bonchev–Trinajstić information content (AvgIpc) is 3.24. The summed E-state index contributed by atoms with van der Waals surface area (Å²) in [6.45, 7) is 7.44. The summed E-state index contributed by atoms with van der Waals surface area (Å²) in [4.78, 5) is 53.0. The second-order valence-corrected chi connectivity index (χ2v) is 12.0. The number of carbonyl (C=O) groups excluding carboxylic acids is 4. The number of hydrogen-bond donors (Lipinski definition) is 2. The number of nitrogens with two attached hydrogens (primary N) is 1. The monoisotopic (exact) mass is 566 g/mol. The van der Waals surface area contributed by atoms with Gasteiger partial charge in [-0.1, -0.05) is 17.9 Å². The van der Waals surface area contributed by atoms with E-state index in [1.165, 1.54) is 4.90 Å². The van der Waals surface area contributed by atoms with Gasteiger partial charge in [-0.2, -0.15) is 0 Å². The van der Waals surface area contributed by atoms with Crippen LogP contribution in [0.15, 0.2) is 18.2 Å². The molecule has 1 saturated heterocycles. The Morgan fingerprint density at radius 2 is 1.88 bits per heavy atom. The highest BCUT2D eigenvalue weighted by Crippen LogP contribution is 2.29. The highest BCUT2D eigenvalue weighted by atomic mass is 16.6. The van der Waals surface area contributed by atoms with Gasteiger partial charge in [0.2, 0.25) is 11.8 Å². The van der Waals surface area contributed by atoms with Crippen molar-refractivity contribution in [1.29, 1.82) is 0 Å². The van der Waals surface area contributed by atoms with Gasteiger partial charge in [-0.3, -0.25) is 19.7 Å². The first kappa shape index (κ1) is 30.5. The predicted octanol–water partition coefficient (Wildman–Crippen LogP) is 3.10. The Kier molecular flexibility index (Phi) is 10.1. The van der Waals surface area contributed by atoms with Crippen molar-refractivity contribution in [3.8, 4) is 11.8 Å². The number of amides is 4. The van der Waals surface area contributed by atoms with Gasteiger partial charge in [-0.05, 0) is 77.0 Å². The van der Waals surface area contributed by atoms with E-state index in [4.69, 9.17) is 15.2 Å². The van der Waals surface area contributed by atoms with E-state index in [9.17, 15) is 19.2 Å². The second-order valence-electron chi connectivity index (χ2n) is 12.0. The van der Waals surface area contributed by atoms with Crippen molar-refractivity contribution in [1.82, 2.24) is 15.1 Å². The Balaban J connectivity index is 1.24. The summed E-state index contributed by atoms with van der Waals surface area (Å²) >= 11 is 0. The fourth-order valence-electron chi connectivity index (χ4n) is 5.58. The molecule has 4 amide bonds. The molecule has 0 radical (unpaired) electrons. The van der Waals surface area contributed by atoms with Crippen molar-refractivity contribution in [3.63, 3.8) is 0 Å². The van der Waals surface area contributed by atoms with Gasteiger partial charge in [0.1, 0.15) is 11.6 Å². The normalized spacial score (nSPS) is 22.5. The molecule has 0 spiro atoms. The molecule has 1 atom stereocenters. The maximum absolute atomic E-state index is 13.0. The van der Waals surface area contributed by atoms with Crippen LogP contribution in [-0.4, -0.2) is 77.1 Å². The van der Waals surface area contributed by atoms with E-state index >= 15 is 0 Å². The number of fused-ring (bicyclic) bond motifs is 1. The van der Waals surface area contributed by atoms with Crippen LogP contribution < -0.4 is 11.1 Å². The van der Waals surface area contributed by atoms with Gasteiger partial charge < -0.3 is 25.0 Å². The maximum atomic E-state index is 13.0. The molecule has 10 nitrogen and oxygen atoms in total. The first-order valence-corrected chi connectivity index (χ1v) is 14.6. The Morgan fingerprint density at radius 1 is 1.12 bits per heavy atom. The summed E-state index contributed by atoms with van der Waals surface area (Å²) in [5.41, 5.74) is 7.62. The molecular formula is C31H42N4O6. The van der Waals surface area contributed by atoms with Crippen molar-refractivity contribution >= 4 is 23.8 Å². The minimum atomic E-state index is -0.649. The molecule has 2 aliphatic heterocycles. The third-order valence-electron chi connectivity index (χ3n) is 7.67. The second kappa shape index (κ2) is 13.5. The summed E-state index contributed by atoms with van der Waals surface area (Å²) < 4.78 is 11.5. The van der Waals surface area contributed by atoms with E-state index in [0.29, 0.717) is 51.1 Å². The lowest BCUT2D eigenvalue weighted by molar-refractivity contribution is -0.136. The molecule has 1 aromatic carbocycles. The highest BCUT2D eigenvalue weighted by molar-refractivity contribution is 6.05. The zero-order valence-electron chi connectivity index (χ0n) is 24.4. The summed E-state index contributed by atoms with van der Waals surface area (Å²) in [6, 6.07) is 5.11. The standard InChI is InChI=1S/C31H42N4O6/c1-31(2,3)41-30(39)34(23-13-11-22(32)12-14-23)17-7-19-40-18-5-4-8-21-9-6-10-24-25(21)20-35(29(24)38)26-15-16-27(36)33-28(26)37/h6,9-10,22-23,26H,5,7,11-20,32H2,1-3H3,(H,33,36,37). The molecule has 41 heavy (non-hydrogen) atoms. The summed E-state index contributed by atoms with van der Waals surface area (Å²) in [6.07, 6.45) is 5.07. The maximum Gasteiger partial charge on any atom is 0.410 e. The minimum absolute atomic E-state index is 0.140. The molecule has 222 valence electrons. The lowest BCUT2D eigenvalue weighted by Crippen LogP contribution is -2.52. The number of nitrogens with zero attached hydrogens (tertiary/aromatic N) is 2. The fraction of sp³-hybridized carbons (Fsp3) is 0.613. The number of ether oxygens (including phenoxy) is 2. The third kappa shape index (κ3) is 8.08. The van der Waals surface area contributed by atoms with Crippen LogP contribution in [0.2, 0.25) is 0 Å². The van der Waals surface area contributed by atoms with Crippen molar-refractivity contribution < 1.29 is 28.7 Å². The molecular weight excluding hydrogens is 524 g/mol. The van der Waals surface area contributed by atoms with E-state index in [-0.39, 0.29) is 36.4 Å². The number of carbonyl (C=O) groups is 4. The van der Waals surface area contributed by atoms with Gasteiger partial charge >= 0.3 is 6.09 Å². The molecule has 2 heterocycles. The molecule has 3 aliphatic rings. The Hall–Kier alpha value is -3.42. The largest absolute Gasteiger partial charge is 0.444 e. The van der Waals surface area contributed by atoms with E-state index in [0.717, 1.165) is 36.8 Å². The first-order chi connectivity index (χ1) is 19.5. The van der Waals surface area contributed by atoms with Crippen LogP contribution in [0.25, 0.3) is 0 Å². The third-order valence-corrected chi connectivity index (χ3v) is 7.67.